The lowest BCUT2D eigenvalue weighted by Gasteiger charge is -2.36. The maximum absolute atomic E-state index is 6.31. The Morgan fingerprint density at radius 1 is 1.11 bits per heavy atom. The topological polar surface area (TPSA) is 62.7 Å². The Labute approximate surface area is 188 Å². The molecule has 1 aliphatic heterocycles. The molecule has 28 heavy (non-hydrogen) atoms. The van der Waals surface area contributed by atoms with Gasteiger partial charge >= 0.3 is 0 Å². The Kier molecular flexibility index (Phi) is 7.09. The van der Waals surface area contributed by atoms with Gasteiger partial charge in [-0.1, -0.05) is 11.6 Å². The summed E-state index contributed by atoms with van der Waals surface area (Å²) >= 11 is 5.98. The molecule has 1 aromatic heterocycles. The van der Waals surface area contributed by atoms with Crippen LogP contribution in [-0.4, -0.2) is 46.8 Å². The summed E-state index contributed by atoms with van der Waals surface area (Å²) in [6.07, 6.45) is 4.70. The second kappa shape index (κ2) is 9.35. The second-order valence-corrected chi connectivity index (χ2v) is 7.76. The number of hydrogen-bond acceptors (Lipinski definition) is 3. The molecule has 0 saturated carbocycles. The highest BCUT2D eigenvalue weighted by Crippen LogP contribution is 2.24. The van der Waals surface area contributed by atoms with E-state index in [-0.39, 0.29) is 24.0 Å². The summed E-state index contributed by atoms with van der Waals surface area (Å²) in [6, 6.07) is 8.02. The van der Waals surface area contributed by atoms with Crippen molar-refractivity contribution in [2.45, 2.75) is 32.2 Å². The third-order valence-electron chi connectivity index (χ3n) is 5.63. The predicted molar refractivity (Wildman–Crippen MR) is 126 cm³/mol. The number of aliphatic imine (C=N–C) groups is 1. The van der Waals surface area contributed by atoms with Crippen LogP contribution in [0.15, 0.2) is 29.3 Å². The average molecular weight is 515 g/mol. The molecule has 1 saturated heterocycles. The van der Waals surface area contributed by atoms with Crippen LogP contribution in [0.1, 0.15) is 29.8 Å². The van der Waals surface area contributed by atoms with Gasteiger partial charge in [0, 0.05) is 43.9 Å². The van der Waals surface area contributed by atoms with Gasteiger partial charge in [-0.3, -0.25) is 4.68 Å². The van der Waals surface area contributed by atoms with E-state index in [4.69, 9.17) is 22.3 Å². The number of piperazine rings is 1. The Balaban J connectivity index is 0.00000225. The first-order valence-corrected chi connectivity index (χ1v) is 10.1. The van der Waals surface area contributed by atoms with Crippen LogP contribution in [0.25, 0.3) is 0 Å². The molecule has 0 radical (unpaired) electrons. The quantitative estimate of drug-likeness (QED) is 0.388. The molecule has 2 heterocycles. The van der Waals surface area contributed by atoms with Crippen molar-refractivity contribution in [3.05, 3.63) is 46.2 Å². The van der Waals surface area contributed by atoms with Gasteiger partial charge in [0.05, 0.1) is 17.9 Å². The minimum atomic E-state index is 0. The molecular weight excluding hydrogens is 487 g/mol. The van der Waals surface area contributed by atoms with Crippen LogP contribution < -0.4 is 10.6 Å². The van der Waals surface area contributed by atoms with Crippen LogP contribution in [0.3, 0.4) is 0 Å². The summed E-state index contributed by atoms with van der Waals surface area (Å²) in [6.45, 7) is 4.23. The lowest BCUT2D eigenvalue weighted by molar-refractivity contribution is 0.380. The minimum Gasteiger partial charge on any atom is -0.370 e. The van der Waals surface area contributed by atoms with Crippen molar-refractivity contribution in [2.75, 3.05) is 31.1 Å². The molecule has 152 valence electrons. The standard InChI is InChI=1S/C20H27ClN6.HI/c1-25-19(17-4-2-3-5-18(17)24-25)14-23-20(22)27-12-10-26(11-13-27)16-8-6-15(21)7-9-16;/h6-9H,2-5,10-14H2,1H3,(H2,22,23);1H. The summed E-state index contributed by atoms with van der Waals surface area (Å²) in [5.41, 5.74) is 11.4. The number of guanidine groups is 1. The molecule has 0 unspecified atom stereocenters. The van der Waals surface area contributed by atoms with Gasteiger partial charge in [-0.2, -0.15) is 5.10 Å². The summed E-state index contributed by atoms with van der Waals surface area (Å²) < 4.78 is 1.99. The first-order chi connectivity index (χ1) is 13.1. The van der Waals surface area contributed by atoms with E-state index in [0.717, 1.165) is 44.0 Å². The number of rotatable bonds is 3. The monoisotopic (exact) mass is 514 g/mol. The molecule has 1 aromatic carbocycles. The summed E-state index contributed by atoms with van der Waals surface area (Å²) in [4.78, 5) is 9.23. The molecule has 8 heteroatoms. The van der Waals surface area contributed by atoms with Crippen molar-refractivity contribution in [1.82, 2.24) is 14.7 Å². The Hall–Kier alpha value is -1.48. The normalized spacial score (nSPS) is 17.3. The SMILES string of the molecule is Cn1nc2c(c1CN=C(N)N1CCN(c3ccc(Cl)cc3)CC1)CCCC2.I. The molecule has 2 aromatic rings. The maximum atomic E-state index is 6.31. The van der Waals surface area contributed by atoms with Gasteiger partial charge in [0.1, 0.15) is 0 Å². The summed E-state index contributed by atoms with van der Waals surface area (Å²) in [5, 5.41) is 5.44. The van der Waals surface area contributed by atoms with Crippen LogP contribution in [-0.2, 0) is 26.4 Å². The maximum Gasteiger partial charge on any atom is 0.191 e. The minimum absolute atomic E-state index is 0. The van der Waals surface area contributed by atoms with E-state index in [9.17, 15) is 0 Å². The fraction of sp³-hybridized carbons (Fsp3) is 0.500. The fourth-order valence-corrected chi connectivity index (χ4v) is 4.17. The Morgan fingerprint density at radius 3 is 2.50 bits per heavy atom. The van der Waals surface area contributed by atoms with Crippen molar-refractivity contribution in [1.29, 1.82) is 0 Å². The summed E-state index contributed by atoms with van der Waals surface area (Å²) in [7, 11) is 2.02. The third-order valence-corrected chi connectivity index (χ3v) is 5.89. The molecule has 0 bridgehead atoms. The van der Waals surface area contributed by atoms with Crippen LogP contribution in [0.5, 0.6) is 0 Å². The van der Waals surface area contributed by atoms with Crippen LogP contribution in [0, 0.1) is 0 Å². The zero-order chi connectivity index (χ0) is 18.8. The molecule has 2 N–H and O–H groups in total. The highest BCUT2D eigenvalue weighted by Gasteiger charge is 2.21. The van der Waals surface area contributed by atoms with Crippen molar-refractivity contribution < 1.29 is 0 Å². The van der Waals surface area contributed by atoms with Crippen LogP contribution in [0.2, 0.25) is 5.02 Å². The van der Waals surface area contributed by atoms with E-state index < -0.39 is 0 Å². The Bertz CT molecular complexity index is 824. The molecule has 4 rings (SSSR count). The first kappa shape index (κ1) is 21.2. The number of aromatic nitrogens is 2. The average Bonchev–Trinajstić information content (AvgIpc) is 3.02. The molecule has 1 aliphatic carbocycles. The van der Waals surface area contributed by atoms with E-state index >= 15 is 0 Å². The van der Waals surface area contributed by atoms with Gasteiger partial charge < -0.3 is 15.5 Å². The highest BCUT2D eigenvalue weighted by atomic mass is 127. The predicted octanol–water partition coefficient (Wildman–Crippen LogP) is 3.21. The molecule has 1 fully saturated rings. The lowest BCUT2D eigenvalue weighted by Crippen LogP contribution is -2.51. The first-order valence-electron chi connectivity index (χ1n) is 9.71. The van der Waals surface area contributed by atoms with Crippen LogP contribution >= 0.6 is 35.6 Å². The molecule has 0 spiro atoms. The number of halogens is 2. The zero-order valence-electron chi connectivity index (χ0n) is 16.3. The second-order valence-electron chi connectivity index (χ2n) is 7.33. The summed E-state index contributed by atoms with van der Waals surface area (Å²) in [5.74, 6) is 0.636. The van der Waals surface area contributed by atoms with Gasteiger partial charge in [0.25, 0.3) is 0 Å². The number of nitrogens with two attached hydrogens (primary N) is 1. The fourth-order valence-electron chi connectivity index (χ4n) is 4.05. The third kappa shape index (κ3) is 4.56. The zero-order valence-corrected chi connectivity index (χ0v) is 19.4. The highest BCUT2D eigenvalue weighted by molar-refractivity contribution is 14.0. The van der Waals surface area contributed by atoms with Crippen molar-refractivity contribution in [2.24, 2.45) is 17.8 Å². The van der Waals surface area contributed by atoms with E-state index in [1.807, 2.05) is 23.9 Å². The number of fused-ring (bicyclic) bond motifs is 1. The van der Waals surface area contributed by atoms with Crippen molar-refractivity contribution in [3.63, 3.8) is 0 Å². The van der Waals surface area contributed by atoms with Gasteiger partial charge in [-0.25, -0.2) is 4.99 Å². The van der Waals surface area contributed by atoms with Gasteiger partial charge in [-0.05, 0) is 55.5 Å². The van der Waals surface area contributed by atoms with Crippen molar-refractivity contribution in [3.8, 4) is 0 Å². The number of nitrogens with zero attached hydrogens (tertiary/aromatic N) is 5. The lowest BCUT2D eigenvalue weighted by atomic mass is 9.96. The van der Waals surface area contributed by atoms with Gasteiger partial charge in [0.15, 0.2) is 5.96 Å². The van der Waals surface area contributed by atoms with E-state index in [1.54, 1.807) is 0 Å². The van der Waals surface area contributed by atoms with Gasteiger partial charge in [-0.15, -0.1) is 24.0 Å². The Morgan fingerprint density at radius 2 is 1.79 bits per heavy atom. The number of hydrogen-bond donors (Lipinski definition) is 1. The van der Waals surface area contributed by atoms with Gasteiger partial charge in [0.2, 0.25) is 0 Å². The van der Waals surface area contributed by atoms with E-state index in [1.165, 1.54) is 35.5 Å². The number of aryl methyl sites for hydroxylation is 2. The van der Waals surface area contributed by atoms with Crippen molar-refractivity contribution >= 4 is 47.2 Å². The van der Waals surface area contributed by atoms with E-state index in [0.29, 0.717) is 12.5 Å². The molecule has 2 aliphatic rings. The molecular formula is C20H28ClIN6. The molecule has 0 atom stereocenters. The molecule has 0 amide bonds. The largest absolute Gasteiger partial charge is 0.370 e. The number of anilines is 1. The smallest absolute Gasteiger partial charge is 0.191 e. The van der Waals surface area contributed by atoms with E-state index in [2.05, 4.69) is 27.0 Å². The van der Waals surface area contributed by atoms with Crippen LogP contribution in [0.4, 0.5) is 5.69 Å². The molecule has 6 nitrogen and oxygen atoms in total. The number of benzene rings is 1.